The summed E-state index contributed by atoms with van der Waals surface area (Å²) in [6, 6.07) is 0. The van der Waals surface area contributed by atoms with Crippen molar-refractivity contribution < 1.29 is 14.7 Å². The number of hydrogen-bond donors (Lipinski definition) is 2. The number of rotatable bonds is 4. The second-order valence-corrected chi connectivity index (χ2v) is 5.50. The molecule has 0 aromatic carbocycles. The summed E-state index contributed by atoms with van der Waals surface area (Å²) in [5.41, 5.74) is 0.736. The molecule has 0 aliphatic heterocycles. The van der Waals surface area contributed by atoms with Gasteiger partial charge in [0.25, 0.3) is 0 Å². The molecule has 1 amide bonds. The van der Waals surface area contributed by atoms with Gasteiger partial charge in [0.2, 0.25) is 5.91 Å². The highest BCUT2D eigenvalue weighted by Crippen LogP contribution is 2.26. The quantitative estimate of drug-likeness (QED) is 0.797. The Morgan fingerprint density at radius 1 is 1.32 bits per heavy atom. The van der Waals surface area contributed by atoms with Gasteiger partial charge in [0, 0.05) is 6.20 Å². The van der Waals surface area contributed by atoms with Crippen molar-refractivity contribution in [2.75, 3.05) is 0 Å². The number of aliphatic carboxylic acids is 1. The number of nitrogens with zero attached hydrogens (tertiary/aromatic N) is 2. The standard InChI is InChI=1S/C13H19N3O3/c1-8-5-15-9(6-14-8)7-16-11(17)10(12(18)19)13(2,3)4/h5-6,10H,7H2,1-4H3,(H,16,17)(H,18,19). The highest BCUT2D eigenvalue weighted by molar-refractivity contribution is 5.97. The number of carboxylic acids is 1. The van der Waals surface area contributed by atoms with Crippen LogP contribution in [0.3, 0.4) is 0 Å². The minimum absolute atomic E-state index is 0.173. The van der Waals surface area contributed by atoms with Crippen molar-refractivity contribution in [2.24, 2.45) is 11.3 Å². The van der Waals surface area contributed by atoms with E-state index >= 15 is 0 Å². The molecule has 6 heteroatoms. The van der Waals surface area contributed by atoms with Crippen LogP contribution < -0.4 is 5.32 Å². The van der Waals surface area contributed by atoms with Crippen LogP contribution in [0.15, 0.2) is 12.4 Å². The second-order valence-electron chi connectivity index (χ2n) is 5.50. The monoisotopic (exact) mass is 265 g/mol. The summed E-state index contributed by atoms with van der Waals surface area (Å²) in [5.74, 6) is -2.73. The zero-order valence-corrected chi connectivity index (χ0v) is 11.6. The van der Waals surface area contributed by atoms with E-state index in [1.54, 1.807) is 33.2 Å². The van der Waals surface area contributed by atoms with Crippen molar-refractivity contribution in [3.05, 3.63) is 23.8 Å². The first kappa shape index (κ1) is 15.1. The third-order valence-electron chi connectivity index (χ3n) is 2.65. The van der Waals surface area contributed by atoms with Crippen LogP contribution in [0.25, 0.3) is 0 Å². The van der Waals surface area contributed by atoms with E-state index in [1.165, 1.54) is 0 Å². The van der Waals surface area contributed by atoms with E-state index in [2.05, 4.69) is 15.3 Å². The fourth-order valence-corrected chi connectivity index (χ4v) is 1.67. The molecule has 1 aromatic rings. The number of nitrogens with one attached hydrogen (secondary N) is 1. The van der Waals surface area contributed by atoms with Gasteiger partial charge < -0.3 is 10.4 Å². The maximum atomic E-state index is 11.9. The Labute approximate surface area is 112 Å². The molecule has 1 aromatic heterocycles. The van der Waals surface area contributed by atoms with Crippen LogP contribution in [-0.4, -0.2) is 27.0 Å². The van der Waals surface area contributed by atoms with Crippen molar-refractivity contribution in [3.8, 4) is 0 Å². The third kappa shape index (κ3) is 4.31. The van der Waals surface area contributed by atoms with Crippen molar-refractivity contribution in [2.45, 2.75) is 34.2 Å². The van der Waals surface area contributed by atoms with Crippen LogP contribution in [0.1, 0.15) is 32.2 Å². The van der Waals surface area contributed by atoms with E-state index < -0.39 is 23.2 Å². The fourth-order valence-electron chi connectivity index (χ4n) is 1.67. The lowest BCUT2D eigenvalue weighted by Crippen LogP contribution is -2.42. The maximum absolute atomic E-state index is 11.9. The van der Waals surface area contributed by atoms with E-state index in [0.29, 0.717) is 5.69 Å². The number of carbonyl (C=O) groups is 2. The van der Waals surface area contributed by atoms with Gasteiger partial charge in [-0.1, -0.05) is 20.8 Å². The Morgan fingerprint density at radius 2 is 1.95 bits per heavy atom. The first-order valence-electron chi connectivity index (χ1n) is 6.00. The smallest absolute Gasteiger partial charge is 0.316 e. The molecule has 19 heavy (non-hydrogen) atoms. The first-order valence-corrected chi connectivity index (χ1v) is 6.00. The number of carboxylic acid groups (broad SMARTS) is 1. The Kier molecular flexibility index (Phi) is 4.58. The number of carbonyl (C=O) groups excluding carboxylic acids is 1. The van der Waals surface area contributed by atoms with Gasteiger partial charge in [0.1, 0.15) is 5.92 Å². The molecule has 0 saturated carbocycles. The minimum Gasteiger partial charge on any atom is -0.481 e. The summed E-state index contributed by atoms with van der Waals surface area (Å²) >= 11 is 0. The molecule has 0 bridgehead atoms. The van der Waals surface area contributed by atoms with E-state index in [0.717, 1.165) is 5.69 Å². The average molecular weight is 265 g/mol. The Hall–Kier alpha value is -1.98. The second kappa shape index (κ2) is 5.77. The van der Waals surface area contributed by atoms with Crippen molar-refractivity contribution >= 4 is 11.9 Å². The lowest BCUT2D eigenvalue weighted by atomic mass is 9.80. The van der Waals surface area contributed by atoms with E-state index in [1.807, 2.05) is 6.92 Å². The fraction of sp³-hybridized carbons (Fsp3) is 0.538. The lowest BCUT2D eigenvalue weighted by molar-refractivity contribution is -0.151. The summed E-state index contributed by atoms with van der Waals surface area (Å²) in [6.45, 7) is 7.15. The van der Waals surface area contributed by atoms with E-state index in [9.17, 15) is 9.59 Å². The first-order chi connectivity index (χ1) is 8.71. The molecular weight excluding hydrogens is 246 g/mol. The molecule has 1 rings (SSSR count). The van der Waals surface area contributed by atoms with Gasteiger partial charge in [0.15, 0.2) is 0 Å². The highest BCUT2D eigenvalue weighted by Gasteiger charge is 2.37. The molecule has 0 aliphatic carbocycles. The van der Waals surface area contributed by atoms with Crippen molar-refractivity contribution in [1.29, 1.82) is 0 Å². The third-order valence-corrected chi connectivity index (χ3v) is 2.65. The summed E-state index contributed by atoms with van der Waals surface area (Å²) in [4.78, 5) is 31.2. The maximum Gasteiger partial charge on any atom is 0.316 e. The Bertz CT molecular complexity index is 463. The van der Waals surface area contributed by atoms with Crippen molar-refractivity contribution in [1.82, 2.24) is 15.3 Å². The SMILES string of the molecule is Cc1cnc(CNC(=O)C(C(=O)O)C(C)(C)C)cn1. The number of aromatic nitrogens is 2. The lowest BCUT2D eigenvalue weighted by Gasteiger charge is -2.25. The van der Waals surface area contributed by atoms with Gasteiger partial charge in [-0.25, -0.2) is 0 Å². The Balaban J connectivity index is 2.68. The molecule has 1 atom stereocenters. The molecule has 1 heterocycles. The highest BCUT2D eigenvalue weighted by atomic mass is 16.4. The van der Waals surface area contributed by atoms with Gasteiger partial charge in [-0.15, -0.1) is 0 Å². The zero-order valence-electron chi connectivity index (χ0n) is 11.6. The molecule has 0 aliphatic rings. The van der Waals surface area contributed by atoms with Crippen LogP contribution in [0.5, 0.6) is 0 Å². The number of amides is 1. The van der Waals surface area contributed by atoms with E-state index in [-0.39, 0.29) is 6.54 Å². The molecule has 0 spiro atoms. The molecule has 2 N–H and O–H groups in total. The van der Waals surface area contributed by atoms with Gasteiger partial charge in [-0.3, -0.25) is 19.6 Å². The summed E-state index contributed by atoms with van der Waals surface area (Å²) in [7, 11) is 0. The van der Waals surface area contributed by atoms with Crippen LogP contribution in [0, 0.1) is 18.3 Å². The van der Waals surface area contributed by atoms with Crippen LogP contribution in [-0.2, 0) is 16.1 Å². The normalized spacial score (nSPS) is 12.8. The molecule has 0 saturated heterocycles. The molecule has 0 radical (unpaired) electrons. The summed E-state index contributed by atoms with van der Waals surface area (Å²) in [6.07, 6.45) is 3.16. The average Bonchev–Trinajstić information content (AvgIpc) is 2.25. The van der Waals surface area contributed by atoms with Crippen LogP contribution in [0.4, 0.5) is 0 Å². The topological polar surface area (TPSA) is 92.2 Å². The molecule has 1 unspecified atom stereocenters. The number of hydrogen-bond acceptors (Lipinski definition) is 4. The predicted octanol–water partition coefficient (Wildman–Crippen LogP) is 1.15. The van der Waals surface area contributed by atoms with Gasteiger partial charge >= 0.3 is 5.97 Å². The summed E-state index contributed by atoms with van der Waals surface area (Å²) in [5, 5.41) is 11.7. The molecule has 104 valence electrons. The molecular formula is C13H19N3O3. The van der Waals surface area contributed by atoms with Crippen LogP contribution >= 0.6 is 0 Å². The summed E-state index contributed by atoms with van der Waals surface area (Å²) < 4.78 is 0. The molecule has 0 fully saturated rings. The van der Waals surface area contributed by atoms with Gasteiger partial charge in [0.05, 0.1) is 24.1 Å². The Morgan fingerprint density at radius 3 is 2.37 bits per heavy atom. The molecule has 6 nitrogen and oxygen atoms in total. The zero-order chi connectivity index (χ0) is 14.6. The van der Waals surface area contributed by atoms with E-state index in [4.69, 9.17) is 5.11 Å². The number of aryl methyl sites for hydroxylation is 1. The van der Waals surface area contributed by atoms with Gasteiger partial charge in [-0.2, -0.15) is 0 Å². The largest absolute Gasteiger partial charge is 0.481 e. The predicted molar refractivity (Wildman–Crippen MR) is 69.2 cm³/mol. The van der Waals surface area contributed by atoms with Gasteiger partial charge in [-0.05, 0) is 12.3 Å². The minimum atomic E-state index is -1.13. The van der Waals surface area contributed by atoms with Crippen LogP contribution in [0.2, 0.25) is 0 Å². The van der Waals surface area contributed by atoms with Crippen molar-refractivity contribution in [3.63, 3.8) is 0 Å².